The molecule has 0 N–H and O–H groups in total. The van der Waals surface area contributed by atoms with Gasteiger partial charge in [0.15, 0.2) is 23.1 Å². The normalized spacial score (nSPS) is 11.3. The molecular formula is C49H31N5O. The zero-order chi connectivity index (χ0) is 36.6. The van der Waals surface area contributed by atoms with Crippen molar-refractivity contribution in [3.63, 3.8) is 0 Å². The van der Waals surface area contributed by atoms with Crippen LogP contribution in [0, 0.1) is 0 Å². The zero-order valence-electron chi connectivity index (χ0n) is 29.5. The summed E-state index contributed by atoms with van der Waals surface area (Å²) in [6.45, 7) is 0. The van der Waals surface area contributed by atoms with Gasteiger partial charge in [-0.15, -0.1) is 0 Å². The van der Waals surface area contributed by atoms with E-state index in [9.17, 15) is 0 Å². The SMILES string of the molecule is c1ccc(-c2cccc(-c3nc(-c4cccc(-c5ccccc5)c4)nc(-c4cc(-c5ccccc5)cc(-c5ncnc6c5oc5ccccc56)c4)n3)c2)cc1. The molecule has 0 aliphatic heterocycles. The van der Waals surface area contributed by atoms with E-state index in [1.807, 2.05) is 54.6 Å². The zero-order valence-corrected chi connectivity index (χ0v) is 29.5. The number of fused-ring (bicyclic) bond motifs is 3. The average molecular weight is 706 g/mol. The van der Waals surface area contributed by atoms with Gasteiger partial charge in [0.2, 0.25) is 0 Å². The number of nitrogens with zero attached hydrogens (tertiary/aromatic N) is 5. The Morgan fingerprint density at radius 3 is 1.36 bits per heavy atom. The van der Waals surface area contributed by atoms with Gasteiger partial charge >= 0.3 is 0 Å². The lowest BCUT2D eigenvalue weighted by molar-refractivity contribution is 0.667. The lowest BCUT2D eigenvalue weighted by atomic mass is 9.97. The van der Waals surface area contributed by atoms with Crippen molar-refractivity contribution >= 4 is 22.1 Å². The smallest absolute Gasteiger partial charge is 0.180 e. The predicted molar refractivity (Wildman–Crippen MR) is 221 cm³/mol. The van der Waals surface area contributed by atoms with Crippen molar-refractivity contribution in [2.75, 3.05) is 0 Å². The molecule has 55 heavy (non-hydrogen) atoms. The van der Waals surface area contributed by atoms with Crippen LogP contribution in [0.3, 0.4) is 0 Å². The third kappa shape index (κ3) is 6.22. The van der Waals surface area contributed by atoms with Crippen LogP contribution in [0.25, 0.3) is 101 Å². The molecule has 6 heteroatoms. The van der Waals surface area contributed by atoms with Crippen LogP contribution in [-0.4, -0.2) is 24.9 Å². The Bertz CT molecular complexity index is 2880. The summed E-state index contributed by atoms with van der Waals surface area (Å²) in [6, 6.07) is 62.1. The minimum Gasteiger partial charge on any atom is -0.452 e. The van der Waals surface area contributed by atoms with Gasteiger partial charge < -0.3 is 4.42 Å². The average Bonchev–Trinajstić information content (AvgIpc) is 3.66. The van der Waals surface area contributed by atoms with Crippen LogP contribution < -0.4 is 0 Å². The molecular weight excluding hydrogens is 675 g/mol. The number of furan rings is 1. The van der Waals surface area contributed by atoms with Gasteiger partial charge in [0.25, 0.3) is 0 Å². The molecule has 0 saturated carbocycles. The second-order valence-corrected chi connectivity index (χ2v) is 13.4. The van der Waals surface area contributed by atoms with E-state index in [4.69, 9.17) is 24.4 Å². The van der Waals surface area contributed by atoms with Gasteiger partial charge in [-0.2, -0.15) is 0 Å². The Morgan fingerprint density at radius 2 is 0.764 bits per heavy atom. The number of benzene rings is 7. The second kappa shape index (κ2) is 13.8. The molecule has 0 amide bonds. The van der Waals surface area contributed by atoms with Crippen molar-refractivity contribution < 1.29 is 4.42 Å². The summed E-state index contributed by atoms with van der Waals surface area (Å²) < 4.78 is 6.41. The fourth-order valence-electron chi connectivity index (χ4n) is 7.12. The maximum atomic E-state index is 6.41. The van der Waals surface area contributed by atoms with E-state index in [0.717, 1.165) is 72.1 Å². The fraction of sp³-hybridized carbons (Fsp3) is 0. The van der Waals surface area contributed by atoms with Crippen LogP contribution in [0.5, 0.6) is 0 Å². The summed E-state index contributed by atoms with van der Waals surface area (Å²) in [6.07, 6.45) is 1.60. The van der Waals surface area contributed by atoms with Crippen LogP contribution in [0.4, 0.5) is 0 Å². The number of hydrogen-bond donors (Lipinski definition) is 0. The Kier molecular flexibility index (Phi) is 8.04. The monoisotopic (exact) mass is 705 g/mol. The fourth-order valence-corrected chi connectivity index (χ4v) is 7.12. The number of para-hydroxylation sites is 1. The molecule has 0 aliphatic carbocycles. The molecule has 0 saturated heterocycles. The first-order chi connectivity index (χ1) is 27.2. The highest BCUT2D eigenvalue weighted by molar-refractivity contribution is 6.06. The molecule has 10 rings (SSSR count). The molecule has 6 nitrogen and oxygen atoms in total. The molecule has 0 unspecified atom stereocenters. The maximum Gasteiger partial charge on any atom is 0.180 e. The topological polar surface area (TPSA) is 77.6 Å². The van der Waals surface area contributed by atoms with E-state index in [1.54, 1.807) is 6.33 Å². The number of rotatable bonds is 7. The molecule has 0 radical (unpaired) electrons. The van der Waals surface area contributed by atoms with E-state index in [1.165, 1.54) is 0 Å². The highest BCUT2D eigenvalue weighted by Gasteiger charge is 2.19. The first-order valence-electron chi connectivity index (χ1n) is 18.1. The lowest BCUT2D eigenvalue weighted by Gasteiger charge is -2.13. The third-order valence-corrected chi connectivity index (χ3v) is 9.82. The van der Waals surface area contributed by atoms with Crippen LogP contribution in [0.1, 0.15) is 0 Å². The van der Waals surface area contributed by atoms with Gasteiger partial charge in [-0.05, 0) is 75.8 Å². The summed E-state index contributed by atoms with van der Waals surface area (Å²) in [5.41, 5.74) is 12.8. The number of aromatic nitrogens is 5. The van der Waals surface area contributed by atoms with E-state index < -0.39 is 0 Å². The molecule has 0 fully saturated rings. The van der Waals surface area contributed by atoms with Gasteiger partial charge in [-0.3, -0.25) is 0 Å². The number of hydrogen-bond acceptors (Lipinski definition) is 6. The first-order valence-corrected chi connectivity index (χ1v) is 18.1. The summed E-state index contributed by atoms with van der Waals surface area (Å²) in [7, 11) is 0. The Labute approximate surface area is 317 Å². The van der Waals surface area contributed by atoms with Crippen molar-refractivity contribution in [2.45, 2.75) is 0 Å². The quantitative estimate of drug-likeness (QED) is 0.164. The Morgan fingerprint density at radius 1 is 0.327 bits per heavy atom. The van der Waals surface area contributed by atoms with Crippen LogP contribution in [0.2, 0.25) is 0 Å². The summed E-state index contributed by atoms with van der Waals surface area (Å²) in [5, 5.41) is 0.947. The van der Waals surface area contributed by atoms with E-state index in [-0.39, 0.29) is 0 Å². The highest BCUT2D eigenvalue weighted by Crippen LogP contribution is 2.38. The van der Waals surface area contributed by atoms with Gasteiger partial charge in [-0.1, -0.05) is 140 Å². The lowest BCUT2D eigenvalue weighted by Crippen LogP contribution is -2.01. The summed E-state index contributed by atoms with van der Waals surface area (Å²) >= 11 is 0. The summed E-state index contributed by atoms with van der Waals surface area (Å²) in [5.74, 6) is 1.71. The molecule has 0 atom stereocenters. The standard InChI is InChI=1S/C49H31N5O/c1-4-14-32(15-5-1)35-20-12-22-37(26-35)47-52-48(38-23-13-21-36(27-38)33-16-6-2-7-17-33)54-49(53-47)41-29-39(34-18-8-3-9-19-34)28-40(30-41)44-46-45(51-31-50-44)42-24-10-11-25-43(42)55-46/h1-31H. The molecule has 0 spiro atoms. The first kappa shape index (κ1) is 32.1. The third-order valence-electron chi connectivity index (χ3n) is 9.82. The van der Waals surface area contributed by atoms with Crippen LogP contribution >= 0.6 is 0 Å². The molecule has 3 aromatic heterocycles. The van der Waals surface area contributed by atoms with Crippen molar-refractivity contribution in [3.05, 3.63) is 188 Å². The van der Waals surface area contributed by atoms with Gasteiger partial charge in [0.05, 0.1) is 0 Å². The maximum absolute atomic E-state index is 6.41. The largest absolute Gasteiger partial charge is 0.452 e. The molecule has 0 bridgehead atoms. The van der Waals surface area contributed by atoms with Crippen molar-refractivity contribution in [3.8, 4) is 78.8 Å². The molecule has 3 heterocycles. The molecule has 258 valence electrons. The Balaban J connectivity index is 1.20. The minimum atomic E-state index is 0.546. The minimum absolute atomic E-state index is 0.546. The summed E-state index contributed by atoms with van der Waals surface area (Å²) in [4.78, 5) is 25.0. The van der Waals surface area contributed by atoms with Gasteiger partial charge in [-0.25, -0.2) is 24.9 Å². The van der Waals surface area contributed by atoms with Crippen LogP contribution in [0.15, 0.2) is 193 Å². The predicted octanol–water partition coefficient (Wildman–Crippen LogP) is 12.2. The van der Waals surface area contributed by atoms with Crippen molar-refractivity contribution in [1.29, 1.82) is 0 Å². The van der Waals surface area contributed by atoms with Crippen molar-refractivity contribution in [2.24, 2.45) is 0 Å². The van der Waals surface area contributed by atoms with Crippen molar-refractivity contribution in [1.82, 2.24) is 24.9 Å². The highest BCUT2D eigenvalue weighted by atomic mass is 16.3. The second-order valence-electron chi connectivity index (χ2n) is 13.4. The Hall–Kier alpha value is -7.57. The molecule has 10 aromatic rings. The van der Waals surface area contributed by atoms with Crippen LogP contribution in [-0.2, 0) is 0 Å². The van der Waals surface area contributed by atoms with E-state index in [0.29, 0.717) is 28.8 Å². The van der Waals surface area contributed by atoms with E-state index >= 15 is 0 Å². The van der Waals surface area contributed by atoms with Gasteiger partial charge in [0, 0.05) is 27.6 Å². The van der Waals surface area contributed by atoms with Gasteiger partial charge in [0.1, 0.15) is 23.1 Å². The van der Waals surface area contributed by atoms with E-state index in [2.05, 4.69) is 132 Å². The molecule has 7 aromatic carbocycles. The molecule has 0 aliphatic rings.